The first-order valence-corrected chi connectivity index (χ1v) is 7.36. The number of hydrogen-bond acceptors (Lipinski definition) is 1. The molecule has 100 valence electrons. The lowest BCUT2D eigenvalue weighted by Crippen LogP contribution is -2.24. The van der Waals surface area contributed by atoms with Crippen molar-refractivity contribution in [1.82, 2.24) is 0 Å². The second-order valence-electron chi connectivity index (χ2n) is 5.68. The molecule has 1 heterocycles. The van der Waals surface area contributed by atoms with E-state index in [4.69, 9.17) is 4.74 Å². The lowest BCUT2D eigenvalue weighted by molar-refractivity contribution is 0.0961. The van der Waals surface area contributed by atoms with Gasteiger partial charge in [0.15, 0.2) is 0 Å². The summed E-state index contributed by atoms with van der Waals surface area (Å²) in [5.41, 5.74) is 6.60. The predicted molar refractivity (Wildman–Crippen MR) is 84.0 cm³/mol. The van der Waals surface area contributed by atoms with E-state index in [9.17, 15) is 0 Å². The van der Waals surface area contributed by atoms with Gasteiger partial charge < -0.3 is 4.74 Å². The monoisotopic (exact) mass is 270 g/mol. The summed E-state index contributed by atoms with van der Waals surface area (Å²) in [6.07, 6.45) is 6.74. The van der Waals surface area contributed by atoms with E-state index in [1.807, 2.05) is 0 Å². The first kappa shape index (κ1) is 11.3. The molecule has 0 spiro atoms. The average Bonchev–Trinajstić information content (AvgIpc) is 2.95. The fourth-order valence-electron chi connectivity index (χ4n) is 3.69. The van der Waals surface area contributed by atoms with Crippen LogP contribution in [0.3, 0.4) is 0 Å². The van der Waals surface area contributed by atoms with E-state index in [1.54, 1.807) is 0 Å². The minimum absolute atomic E-state index is 0.0792. The Kier molecular flexibility index (Phi) is 2.18. The van der Waals surface area contributed by atoms with Crippen molar-refractivity contribution >= 4 is 11.6 Å². The molecular formula is C20H14O. The summed E-state index contributed by atoms with van der Waals surface area (Å²) in [5.74, 6) is 0. The molecule has 2 aliphatic carbocycles. The largest absolute Gasteiger partial charge is 0.365 e. The van der Waals surface area contributed by atoms with Gasteiger partial charge in [-0.15, -0.1) is 0 Å². The van der Waals surface area contributed by atoms with Crippen LogP contribution < -0.4 is 10.4 Å². The molecule has 1 unspecified atom stereocenters. The number of allylic oxidation sites excluding steroid dienone is 1. The van der Waals surface area contributed by atoms with E-state index in [1.165, 1.54) is 38.3 Å². The molecule has 0 saturated heterocycles. The maximum Gasteiger partial charge on any atom is 0.109 e. The standard InChI is InChI=1S/C20H14O/c1-2-7-14-13(6-1)12-18-17-10-5-11-21-20(17)16-9-4-3-8-15(16)19(14)18/h1-10,12,20H,11H2. The Bertz CT molecular complexity index is 944. The van der Waals surface area contributed by atoms with Crippen LogP contribution in [0.2, 0.25) is 0 Å². The minimum atomic E-state index is 0.0792. The molecule has 1 heteroatoms. The summed E-state index contributed by atoms with van der Waals surface area (Å²) in [6, 6.07) is 17.3. The summed E-state index contributed by atoms with van der Waals surface area (Å²) in [4.78, 5) is 0. The van der Waals surface area contributed by atoms with Gasteiger partial charge in [0.2, 0.25) is 0 Å². The van der Waals surface area contributed by atoms with Crippen molar-refractivity contribution in [2.45, 2.75) is 6.10 Å². The lowest BCUT2D eigenvalue weighted by Gasteiger charge is -2.31. The minimum Gasteiger partial charge on any atom is -0.365 e. The maximum atomic E-state index is 6.04. The molecule has 1 atom stereocenters. The SMILES string of the molecule is C1=CC2=C3C=c4ccccc4=C3c3ccccc3C2OC1. The summed E-state index contributed by atoms with van der Waals surface area (Å²) < 4.78 is 6.04. The zero-order valence-corrected chi connectivity index (χ0v) is 11.5. The Balaban J connectivity index is 1.99. The van der Waals surface area contributed by atoms with Gasteiger partial charge in [-0.3, -0.25) is 0 Å². The highest BCUT2D eigenvalue weighted by Gasteiger charge is 2.32. The molecule has 2 aromatic carbocycles. The molecule has 1 nitrogen and oxygen atoms in total. The highest BCUT2D eigenvalue weighted by atomic mass is 16.5. The third-order valence-electron chi connectivity index (χ3n) is 4.56. The number of hydrogen-bond donors (Lipinski definition) is 0. The third kappa shape index (κ3) is 1.44. The van der Waals surface area contributed by atoms with Gasteiger partial charge in [0.25, 0.3) is 0 Å². The first-order valence-electron chi connectivity index (χ1n) is 7.36. The summed E-state index contributed by atoms with van der Waals surface area (Å²) >= 11 is 0. The van der Waals surface area contributed by atoms with Gasteiger partial charge in [-0.25, -0.2) is 0 Å². The van der Waals surface area contributed by atoms with Crippen LogP contribution in [0.15, 0.2) is 71.8 Å². The fraction of sp³-hybridized carbons (Fsp3) is 0.100. The van der Waals surface area contributed by atoms with Crippen LogP contribution in [-0.2, 0) is 4.74 Å². The van der Waals surface area contributed by atoms with Gasteiger partial charge in [-0.2, -0.15) is 0 Å². The smallest absolute Gasteiger partial charge is 0.109 e. The number of rotatable bonds is 0. The Hall–Kier alpha value is -2.38. The Morgan fingerprint density at radius 3 is 2.81 bits per heavy atom. The molecule has 2 aromatic rings. The quantitative estimate of drug-likeness (QED) is 0.715. The number of fused-ring (bicyclic) bond motifs is 6. The Morgan fingerprint density at radius 2 is 1.81 bits per heavy atom. The fourth-order valence-corrected chi connectivity index (χ4v) is 3.69. The van der Waals surface area contributed by atoms with Gasteiger partial charge in [-0.1, -0.05) is 60.7 Å². The van der Waals surface area contributed by atoms with E-state index in [-0.39, 0.29) is 6.10 Å². The first-order chi connectivity index (χ1) is 10.4. The van der Waals surface area contributed by atoms with Crippen molar-refractivity contribution in [3.63, 3.8) is 0 Å². The van der Waals surface area contributed by atoms with Crippen molar-refractivity contribution in [3.05, 3.63) is 93.4 Å². The number of benzene rings is 2. The normalized spacial score (nSPS) is 21.3. The molecule has 0 amide bonds. The van der Waals surface area contributed by atoms with Crippen molar-refractivity contribution in [3.8, 4) is 0 Å². The van der Waals surface area contributed by atoms with Crippen LogP contribution in [0.5, 0.6) is 0 Å². The maximum absolute atomic E-state index is 6.04. The van der Waals surface area contributed by atoms with Crippen molar-refractivity contribution < 1.29 is 4.74 Å². The van der Waals surface area contributed by atoms with Crippen molar-refractivity contribution in [2.24, 2.45) is 0 Å². The van der Waals surface area contributed by atoms with E-state index >= 15 is 0 Å². The van der Waals surface area contributed by atoms with Crippen LogP contribution in [0.25, 0.3) is 11.6 Å². The Morgan fingerprint density at radius 1 is 0.952 bits per heavy atom. The molecule has 0 bridgehead atoms. The molecule has 5 rings (SSSR count). The van der Waals surface area contributed by atoms with Gasteiger partial charge in [-0.05, 0) is 44.4 Å². The predicted octanol–water partition coefficient (Wildman–Crippen LogP) is 2.62. The van der Waals surface area contributed by atoms with E-state index < -0.39 is 0 Å². The van der Waals surface area contributed by atoms with Crippen molar-refractivity contribution in [2.75, 3.05) is 6.61 Å². The van der Waals surface area contributed by atoms with Crippen molar-refractivity contribution in [1.29, 1.82) is 0 Å². The molecule has 0 fully saturated rings. The molecule has 0 saturated carbocycles. The van der Waals surface area contributed by atoms with Gasteiger partial charge >= 0.3 is 0 Å². The molecule has 0 radical (unpaired) electrons. The second kappa shape index (κ2) is 4.06. The zero-order valence-electron chi connectivity index (χ0n) is 11.5. The van der Waals surface area contributed by atoms with Crippen LogP contribution in [0, 0.1) is 0 Å². The Labute approximate surface area is 123 Å². The molecule has 0 N–H and O–H groups in total. The zero-order chi connectivity index (χ0) is 13.8. The summed E-state index contributed by atoms with van der Waals surface area (Å²) in [6.45, 7) is 0.693. The van der Waals surface area contributed by atoms with Gasteiger partial charge in [0.05, 0.1) is 6.61 Å². The van der Waals surface area contributed by atoms with E-state index in [2.05, 4.69) is 66.8 Å². The van der Waals surface area contributed by atoms with E-state index in [0.717, 1.165) is 0 Å². The molecule has 3 aliphatic rings. The lowest BCUT2D eigenvalue weighted by atomic mass is 9.80. The van der Waals surface area contributed by atoms with Gasteiger partial charge in [0.1, 0.15) is 6.10 Å². The molecule has 0 aromatic heterocycles. The van der Waals surface area contributed by atoms with E-state index in [0.29, 0.717) is 6.61 Å². The highest BCUT2D eigenvalue weighted by Crippen LogP contribution is 2.44. The van der Waals surface area contributed by atoms with Crippen LogP contribution in [-0.4, -0.2) is 6.61 Å². The topological polar surface area (TPSA) is 9.23 Å². The average molecular weight is 270 g/mol. The summed E-state index contributed by atoms with van der Waals surface area (Å²) in [7, 11) is 0. The number of ether oxygens (including phenoxy) is 1. The van der Waals surface area contributed by atoms with Crippen LogP contribution in [0.4, 0.5) is 0 Å². The van der Waals surface area contributed by atoms with Crippen LogP contribution >= 0.6 is 0 Å². The summed E-state index contributed by atoms with van der Waals surface area (Å²) in [5, 5.41) is 2.65. The molecular weight excluding hydrogens is 256 g/mol. The van der Waals surface area contributed by atoms with Gasteiger partial charge in [0, 0.05) is 0 Å². The molecule has 1 aliphatic heterocycles. The third-order valence-corrected chi connectivity index (χ3v) is 4.56. The second-order valence-corrected chi connectivity index (χ2v) is 5.68. The highest BCUT2D eigenvalue weighted by molar-refractivity contribution is 5.95. The van der Waals surface area contributed by atoms with Crippen LogP contribution in [0.1, 0.15) is 17.2 Å². The molecule has 21 heavy (non-hydrogen) atoms.